The van der Waals surface area contributed by atoms with E-state index in [0.29, 0.717) is 5.56 Å². The van der Waals surface area contributed by atoms with Crippen LogP contribution in [0.1, 0.15) is 47.7 Å². The summed E-state index contributed by atoms with van der Waals surface area (Å²) >= 11 is 0. The number of aliphatic imine (C=N–C) groups is 1. The van der Waals surface area contributed by atoms with Crippen molar-refractivity contribution < 1.29 is 44.4 Å². The second-order valence-electron chi connectivity index (χ2n) is 11.5. The number of hydrogen-bond acceptors (Lipinski definition) is 10. The van der Waals surface area contributed by atoms with Crippen molar-refractivity contribution in [3.63, 3.8) is 0 Å². The summed E-state index contributed by atoms with van der Waals surface area (Å²) < 4.78 is 0. The predicted molar refractivity (Wildman–Crippen MR) is 178 cm³/mol. The van der Waals surface area contributed by atoms with Crippen molar-refractivity contribution in [2.24, 2.45) is 22.2 Å². The third kappa shape index (κ3) is 9.16. The van der Waals surface area contributed by atoms with Gasteiger partial charge in [0.2, 0.25) is 23.6 Å². The summed E-state index contributed by atoms with van der Waals surface area (Å²) in [5.41, 5.74) is 17.7. The second kappa shape index (κ2) is 16.2. The fraction of sp³-hybridized carbons (Fsp3) is 0.273. The number of nitrogens with two attached hydrogens (primary N) is 3. The van der Waals surface area contributed by atoms with Gasteiger partial charge in [-0.05, 0) is 65.9 Å². The molecule has 17 heteroatoms. The summed E-state index contributed by atoms with van der Waals surface area (Å²) in [6.07, 6.45) is 0.253. The molecule has 0 saturated carbocycles. The van der Waals surface area contributed by atoms with Crippen molar-refractivity contribution in [3.8, 4) is 17.2 Å². The number of carboxylic acid groups (broad SMARTS) is 1. The Morgan fingerprint density at radius 2 is 1.30 bits per heavy atom. The van der Waals surface area contributed by atoms with Gasteiger partial charge in [-0.3, -0.25) is 24.2 Å². The first kappa shape index (κ1) is 36.5. The zero-order valence-electron chi connectivity index (χ0n) is 26.6. The summed E-state index contributed by atoms with van der Waals surface area (Å²) in [6, 6.07) is 9.87. The van der Waals surface area contributed by atoms with Gasteiger partial charge in [0.05, 0.1) is 6.54 Å². The molecule has 0 aliphatic carbocycles. The van der Waals surface area contributed by atoms with Crippen LogP contribution in [0.5, 0.6) is 17.2 Å². The summed E-state index contributed by atoms with van der Waals surface area (Å²) in [5.74, 6) is -4.78. The molecule has 5 atom stereocenters. The molecule has 0 spiro atoms. The number of benzene rings is 3. The number of phenols is 3. The van der Waals surface area contributed by atoms with E-state index in [2.05, 4.69) is 20.9 Å². The van der Waals surface area contributed by atoms with Gasteiger partial charge in [-0.2, -0.15) is 0 Å². The molecule has 0 radical (unpaired) electrons. The minimum atomic E-state index is -1.43. The van der Waals surface area contributed by atoms with Crippen molar-refractivity contribution in [2.45, 2.75) is 43.1 Å². The normalized spacial score (nSPS) is 16.1. The quantitative estimate of drug-likeness (QED) is 0.0412. The molecule has 1 heterocycles. The summed E-state index contributed by atoms with van der Waals surface area (Å²) in [4.78, 5) is 70.6. The molecule has 50 heavy (non-hydrogen) atoms. The van der Waals surface area contributed by atoms with Gasteiger partial charge in [0, 0.05) is 6.54 Å². The number of phenolic OH excluding ortho intramolecular Hbond substituents is 3. The Morgan fingerprint density at radius 3 is 1.80 bits per heavy atom. The molecule has 1 fully saturated rings. The van der Waals surface area contributed by atoms with Crippen LogP contribution in [0, 0.1) is 0 Å². The molecule has 1 saturated heterocycles. The minimum absolute atomic E-state index is 0.0183. The van der Waals surface area contributed by atoms with Crippen molar-refractivity contribution in [3.05, 3.63) is 89.5 Å². The first-order valence-electron chi connectivity index (χ1n) is 15.4. The fourth-order valence-electron chi connectivity index (χ4n) is 5.24. The van der Waals surface area contributed by atoms with E-state index in [4.69, 9.17) is 17.2 Å². The maximum Gasteiger partial charge on any atom is 0.331 e. The number of carboxylic acids is 1. The largest absolute Gasteiger partial charge is 0.508 e. The van der Waals surface area contributed by atoms with Crippen LogP contribution >= 0.6 is 0 Å². The SMILES string of the molecule is NC(N)=NCCC[C@H](NC(=O)[C@@H](N)c1ccc(O)cc1)C(=O)N[C@@H](C(=O)N[C@H]1CN([C@H](C(=O)O)c2ccc(O)cc2)C1=O)c1ccc(O)cc1. The lowest BCUT2D eigenvalue weighted by molar-refractivity contribution is -0.160. The lowest BCUT2D eigenvalue weighted by Gasteiger charge is -2.42. The van der Waals surface area contributed by atoms with Gasteiger partial charge >= 0.3 is 5.97 Å². The number of hydrogen-bond donors (Lipinski definition) is 10. The number of rotatable bonds is 15. The number of likely N-dealkylation sites (tertiary alicyclic amines) is 1. The molecule has 3 aromatic carbocycles. The van der Waals surface area contributed by atoms with E-state index >= 15 is 0 Å². The van der Waals surface area contributed by atoms with E-state index in [1.54, 1.807) is 0 Å². The van der Waals surface area contributed by atoms with Crippen molar-refractivity contribution in [1.29, 1.82) is 0 Å². The monoisotopic (exact) mass is 690 g/mol. The Labute approximate surface area is 285 Å². The first-order chi connectivity index (χ1) is 23.7. The Balaban J connectivity index is 1.51. The van der Waals surface area contributed by atoms with Crippen molar-refractivity contribution in [1.82, 2.24) is 20.9 Å². The summed E-state index contributed by atoms with van der Waals surface area (Å²) in [7, 11) is 0. The molecule has 1 aliphatic heterocycles. The maximum atomic E-state index is 13.7. The van der Waals surface area contributed by atoms with Gasteiger partial charge in [0.15, 0.2) is 12.0 Å². The fourth-order valence-corrected chi connectivity index (χ4v) is 5.24. The number of aliphatic carboxylic acids is 1. The molecule has 0 bridgehead atoms. The lowest BCUT2D eigenvalue weighted by atomic mass is 9.97. The van der Waals surface area contributed by atoms with E-state index in [1.165, 1.54) is 72.8 Å². The average Bonchev–Trinajstić information content (AvgIpc) is 3.08. The number of β-lactam (4-membered cyclic amide) rings is 1. The van der Waals surface area contributed by atoms with E-state index in [1.807, 2.05) is 0 Å². The predicted octanol–water partition coefficient (Wildman–Crippen LogP) is -0.648. The highest BCUT2D eigenvalue weighted by Gasteiger charge is 2.45. The van der Waals surface area contributed by atoms with Crippen molar-refractivity contribution >= 4 is 35.6 Å². The van der Waals surface area contributed by atoms with Crippen LogP contribution < -0.4 is 33.2 Å². The van der Waals surface area contributed by atoms with Crippen LogP contribution in [0.15, 0.2) is 77.8 Å². The Hall–Kier alpha value is -6.36. The lowest BCUT2D eigenvalue weighted by Crippen LogP contribution is -2.66. The summed E-state index contributed by atoms with van der Waals surface area (Å²) in [5, 5.41) is 46.5. The van der Waals surface area contributed by atoms with E-state index in [0.717, 1.165) is 4.90 Å². The maximum absolute atomic E-state index is 13.7. The number of nitrogens with one attached hydrogen (secondary N) is 3. The smallest absolute Gasteiger partial charge is 0.331 e. The number of carbonyl (C=O) groups is 5. The third-order valence-electron chi connectivity index (χ3n) is 7.92. The van der Waals surface area contributed by atoms with Gasteiger partial charge in [-0.1, -0.05) is 36.4 Å². The molecular weight excluding hydrogens is 652 g/mol. The number of guanidine groups is 1. The second-order valence-corrected chi connectivity index (χ2v) is 11.5. The molecule has 0 unspecified atom stereocenters. The van der Waals surface area contributed by atoms with Gasteiger partial charge in [0.1, 0.15) is 41.4 Å². The molecule has 1 aliphatic rings. The Kier molecular flexibility index (Phi) is 11.8. The average molecular weight is 691 g/mol. The van der Waals surface area contributed by atoms with Crippen LogP contribution in [0.2, 0.25) is 0 Å². The number of carbonyl (C=O) groups excluding carboxylic acids is 4. The number of aromatic hydroxyl groups is 3. The zero-order valence-corrected chi connectivity index (χ0v) is 26.6. The molecular formula is C33H38N8O9. The molecule has 264 valence electrons. The minimum Gasteiger partial charge on any atom is -0.508 e. The van der Waals surface area contributed by atoms with Gasteiger partial charge in [0.25, 0.3) is 0 Å². The topological polar surface area (TPSA) is 296 Å². The molecule has 0 aromatic heterocycles. The highest BCUT2D eigenvalue weighted by atomic mass is 16.4. The third-order valence-corrected chi connectivity index (χ3v) is 7.92. The van der Waals surface area contributed by atoms with Gasteiger partial charge < -0.3 is 58.5 Å². The standard InChI is InChI=1S/C33H38N8O9/c34-25(17-3-9-20(42)10-4-17)29(46)38-23(2-1-15-37-33(35)36)28(45)40-26(18-5-11-21(43)12-6-18)30(47)39-24-16-41(31(24)48)27(32(49)50)19-7-13-22(44)14-8-19/h3-14,23-27,42-44H,1-2,15-16,34H2,(H,38,46)(H,39,47)(H,40,45)(H,49,50)(H4,35,36,37)/t23-,24-,25-,26+,27-/m0/s1. The van der Waals surface area contributed by atoms with E-state index in [-0.39, 0.29) is 60.3 Å². The highest BCUT2D eigenvalue weighted by Crippen LogP contribution is 2.29. The first-order valence-corrected chi connectivity index (χ1v) is 15.4. The van der Waals surface area contributed by atoms with Crippen LogP contribution in [-0.2, 0) is 24.0 Å². The zero-order chi connectivity index (χ0) is 36.5. The van der Waals surface area contributed by atoms with Crippen molar-refractivity contribution in [2.75, 3.05) is 13.1 Å². The molecule has 4 rings (SSSR count). The van der Waals surface area contributed by atoms with Crippen LogP contribution in [0.4, 0.5) is 0 Å². The van der Waals surface area contributed by atoms with E-state index in [9.17, 15) is 44.4 Å². The molecule has 13 N–H and O–H groups in total. The number of nitrogens with zero attached hydrogens (tertiary/aromatic N) is 2. The molecule has 3 aromatic rings. The molecule has 4 amide bonds. The number of amides is 4. The van der Waals surface area contributed by atoms with Gasteiger partial charge in [-0.25, -0.2) is 4.79 Å². The van der Waals surface area contributed by atoms with Crippen LogP contribution in [-0.4, -0.2) is 86.1 Å². The van der Waals surface area contributed by atoms with Crippen LogP contribution in [0.3, 0.4) is 0 Å². The molecule has 17 nitrogen and oxygen atoms in total. The van der Waals surface area contributed by atoms with Crippen LogP contribution in [0.25, 0.3) is 0 Å². The van der Waals surface area contributed by atoms with Gasteiger partial charge in [-0.15, -0.1) is 0 Å². The highest BCUT2D eigenvalue weighted by molar-refractivity contribution is 5.98. The Morgan fingerprint density at radius 1 is 0.780 bits per heavy atom. The van der Waals surface area contributed by atoms with E-state index < -0.39 is 59.8 Å². The summed E-state index contributed by atoms with van der Waals surface area (Å²) in [6.45, 7) is -0.0487. The Bertz CT molecular complexity index is 1730.